The molecule has 1 aliphatic rings. The monoisotopic (exact) mass is 444 g/mol. The Bertz CT molecular complexity index is 1060. The Morgan fingerprint density at radius 2 is 1.71 bits per heavy atom. The third kappa shape index (κ3) is 5.32. The number of carbonyl (C=O) groups is 2. The maximum absolute atomic E-state index is 13.1. The lowest BCUT2D eigenvalue weighted by Crippen LogP contribution is -2.32. The van der Waals surface area contributed by atoms with Crippen molar-refractivity contribution in [1.82, 2.24) is 4.31 Å². The number of hydrogen-bond acceptors (Lipinski definition) is 5. The zero-order valence-electron chi connectivity index (χ0n) is 17.9. The van der Waals surface area contributed by atoms with Crippen LogP contribution in [0.1, 0.15) is 58.9 Å². The standard InChI is InChI=1S/C23H28N2O5S/c1-3-30-23(27)20-12-9-13-21(17(20)2)24-22(26)18-10-8-11-19(16-18)31(28,29)25-14-6-4-5-7-15-25/h8-13,16H,3-7,14-15H2,1-2H3,(H,24,26). The SMILES string of the molecule is CCOC(=O)c1cccc(NC(=O)c2cccc(S(=O)(=O)N3CCCCCC3)c2)c1C. The summed E-state index contributed by atoms with van der Waals surface area (Å²) in [6.07, 6.45) is 3.74. The Labute approximate surface area is 183 Å². The highest BCUT2D eigenvalue weighted by molar-refractivity contribution is 7.89. The third-order valence-electron chi connectivity index (χ3n) is 5.38. The molecule has 31 heavy (non-hydrogen) atoms. The summed E-state index contributed by atoms with van der Waals surface area (Å²) in [6.45, 7) is 4.71. The molecule has 1 fully saturated rings. The van der Waals surface area contributed by atoms with Crippen LogP contribution >= 0.6 is 0 Å². The molecule has 2 aromatic rings. The lowest BCUT2D eigenvalue weighted by molar-refractivity contribution is 0.0525. The number of nitrogens with one attached hydrogen (secondary N) is 1. The number of rotatable bonds is 6. The number of hydrogen-bond donors (Lipinski definition) is 1. The fourth-order valence-corrected chi connectivity index (χ4v) is 5.19. The van der Waals surface area contributed by atoms with Crippen LogP contribution in [0.25, 0.3) is 0 Å². The topological polar surface area (TPSA) is 92.8 Å². The van der Waals surface area contributed by atoms with Crippen molar-refractivity contribution in [3.63, 3.8) is 0 Å². The van der Waals surface area contributed by atoms with E-state index in [9.17, 15) is 18.0 Å². The zero-order valence-corrected chi connectivity index (χ0v) is 18.7. The molecule has 0 atom stereocenters. The molecule has 0 bridgehead atoms. The molecule has 1 aliphatic heterocycles. The highest BCUT2D eigenvalue weighted by Gasteiger charge is 2.26. The van der Waals surface area contributed by atoms with E-state index in [1.54, 1.807) is 44.2 Å². The number of nitrogens with zero attached hydrogens (tertiary/aromatic N) is 1. The van der Waals surface area contributed by atoms with Gasteiger partial charge in [0.15, 0.2) is 0 Å². The first-order valence-corrected chi connectivity index (χ1v) is 12.0. The van der Waals surface area contributed by atoms with Crippen LogP contribution in [-0.2, 0) is 14.8 Å². The number of anilines is 1. The van der Waals surface area contributed by atoms with Crippen molar-refractivity contribution >= 4 is 27.6 Å². The van der Waals surface area contributed by atoms with Gasteiger partial charge in [-0.1, -0.05) is 25.0 Å². The first-order chi connectivity index (χ1) is 14.8. The largest absolute Gasteiger partial charge is 0.462 e. The molecule has 7 nitrogen and oxygen atoms in total. The van der Waals surface area contributed by atoms with Gasteiger partial charge in [0.05, 0.1) is 17.1 Å². The van der Waals surface area contributed by atoms with Gasteiger partial charge >= 0.3 is 5.97 Å². The Balaban J connectivity index is 1.82. The summed E-state index contributed by atoms with van der Waals surface area (Å²) in [5.41, 5.74) is 1.66. The number of ether oxygens (including phenoxy) is 1. The zero-order chi connectivity index (χ0) is 22.4. The van der Waals surface area contributed by atoms with Crippen LogP contribution in [0.4, 0.5) is 5.69 Å². The lowest BCUT2D eigenvalue weighted by atomic mass is 10.1. The second-order valence-electron chi connectivity index (χ2n) is 7.50. The number of sulfonamides is 1. The maximum Gasteiger partial charge on any atom is 0.338 e. The van der Waals surface area contributed by atoms with Crippen molar-refractivity contribution in [2.24, 2.45) is 0 Å². The van der Waals surface area contributed by atoms with Gasteiger partial charge in [0.1, 0.15) is 0 Å². The molecule has 0 spiro atoms. The Hall–Kier alpha value is -2.71. The fraction of sp³-hybridized carbons (Fsp3) is 0.391. The first-order valence-electron chi connectivity index (χ1n) is 10.5. The molecule has 166 valence electrons. The summed E-state index contributed by atoms with van der Waals surface area (Å²) in [6, 6.07) is 11.0. The molecule has 1 amide bonds. The lowest BCUT2D eigenvalue weighted by Gasteiger charge is -2.20. The van der Waals surface area contributed by atoms with Crippen LogP contribution in [0.2, 0.25) is 0 Å². The molecule has 0 aliphatic carbocycles. The summed E-state index contributed by atoms with van der Waals surface area (Å²) in [5, 5.41) is 2.78. The van der Waals surface area contributed by atoms with Crippen LogP contribution in [0.15, 0.2) is 47.4 Å². The summed E-state index contributed by atoms with van der Waals surface area (Å²) < 4.78 is 32.7. The molecule has 1 saturated heterocycles. The third-order valence-corrected chi connectivity index (χ3v) is 7.27. The first kappa shape index (κ1) is 23.0. The van der Waals surface area contributed by atoms with E-state index in [1.807, 2.05) is 0 Å². The van der Waals surface area contributed by atoms with Crippen LogP contribution in [0.3, 0.4) is 0 Å². The maximum atomic E-state index is 13.1. The summed E-state index contributed by atoms with van der Waals surface area (Å²) in [5.74, 6) is -0.904. The molecule has 8 heteroatoms. The number of carbonyl (C=O) groups excluding carboxylic acids is 2. The quantitative estimate of drug-likeness (QED) is 0.680. The molecule has 0 saturated carbocycles. The van der Waals surface area contributed by atoms with Gasteiger partial charge in [-0.05, 0) is 62.6 Å². The highest BCUT2D eigenvalue weighted by Crippen LogP contribution is 2.23. The molecular formula is C23H28N2O5S. The van der Waals surface area contributed by atoms with E-state index in [-0.39, 0.29) is 17.1 Å². The normalized spacial score (nSPS) is 15.2. The van der Waals surface area contributed by atoms with E-state index in [2.05, 4.69) is 5.32 Å². The Morgan fingerprint density at radius 1 is 1.03 bits per heavy atom. The van der Waals surface area contributed by atoms with Crippen LogP contribution in [0.5, 0.6) is 0 Å². The molecule has 0 radical (unpaired) electrons. The van der Waals surface area contributed by atoms with Gasteiger partial charge < -0.3 is 10.1 Å². The van der Waals surface area contributed by atoms with Crippen molar-refractivity contribution in [2.45, 2.75) is 44.4 Å². The van der Waals surface area contributed by atoms with Crippen LogP contribution in [0, 0.1) is 6.92 Å². The fourth-order valence-electron chi connectivity index (χ4n) is 3.62. The average Bonchev–Trinajstić information content (AvgIpc) is 3.05. The van der Waals surface area contributed by atoms with E-state index in [4.69, 9.17) is 4.74 Å². The van der Waals surface area contributed by atoms with Gasteiger partial charge in [-0.3, -0.25) is 4.79 Å². The van der Waals surface area contributed by atoms with Gasteiger partial charge in [0, 0.05) is 24.3 Å². The van der Waals surface area contributed by atoms with E-state index >= 15 is 0 Å². The molecule has 2 aromatic carbocycles. The number of benzene rings is 2. The van der Waals surface area contributed by atoms with E-state index in [0.717, 1.165) is 25.7 Å². The minimum absolute atomic E-state index is 0.110. The van der Waals surface area contributed by atoms with Gasteiger partial charge in [0.2, 0.25) is 10.0 Å². The predicted octanol–water partition coefficient (Wildman–Crippen LogP) is 3.99. The van der Waals surface area contributed by atoms with Crippen molar-refractivity contribution < 1.29 is 22.7 Å². The molecule has 1 N–H and O–H groups in total. The van der Waals surface area contributed by atoms with Gasteiger partial charge in [-0.15, -0.1) is 0 Å². The van der Waals surface area contributed by atoms with Crippen molar-refractivity contribution in [3.8, 4) is 0 Å². The molecule has 0 aromatic heterocycles. The molecular weight excluding hydrogens is 416 g/mol. The molecule has 1 heterocycles. The minimum Gasteiger partial charge on any atom is -0.462 e. The number of amides is 1. The van der Waals surface area contributed by atoms with Gasteiger partial charge in [-0.2, -0.15) is 4.31 Å². The smallest absolute Gasteiger partial charge is 0.338 e. The predicted molar refractivity (Wildman–Crippen MR) is 119 cm³/mol. The molecule has 3 rings (SSSR count). The van der Waals surface area contributed by atoms with Crippen LogP contribution in [-0.4, -0.2) is 44.3 Å². The Morgan fingerprint density at radius 3 is 2.39 bits per heavy atom. The second-order valence-corrected chi connectivity index (χ2v) is 9.44. The Kier molecular flexibility index (Phi) is 7.46. The van der Waals surface area contributed by atoms with Crippen molar-refractivity contribution in [2.75, 3.05) is 25.0 Å². The minimum atomic E-state index is -3.65. The van der Waals surface area contributed by atoms with Crippen molar-refractivity contribution in [1.29, 1.82) is 0 Å². The van der Waals surface area contributed by atoms with E-state index in [0.29, 0.717) is 29.9 Å². The van der Waals surface area contributed by atoms with Crippen LogP contribution < -0.4 is 5.32 Å². The molecule has 0 unspecified atom stereocenters. The summed E-state index contributed by atoms with van der Waals surface area (Å²) >= 11 is 0. The number of esters is 1. The van der Waals surface area contributed by atoms with Gasteiger partial charge in [0.25, 0.3) is 5.91 Å². The summed E-state index contributed by atoms with van der Waals surface area (Å²) in [7, 11) is -3.65. The van der Waals surface area contributed by atoms with E-state index < -0.39 is 21.9 Å². The second kappa shape index (κ2) is 10.1. The van der Waals surface area contributed by atoms with Crippen molar-refractivity contribution in [3.05, 3.63) is 59.2 Å². The van der Waals surface area contributed by atoms with Gasteiger partial charge in [-0.25, -0.2) is 13.2 Å². The van der Waals surface area contributed by atoms with E-state index in [1.165, 1.54) is 16.4 Å². The summed E-state index contributed by atoms with van der Waals surface area (Å²) in [4.78, 5) is 25.1. The average molecular weight is 445 g/mol. The highest BCUT2D eigenvalue weighted by atomic mass is 32.2.